The van der Waals surface area contributed by atoms with Gasteiger partial charge in [0.15, 0.2) is 0 Å². The van der Waals surface area contributed by atoms with Crippen LogP contribution in [0, 0.1) is 22.7 Å². The summed E-state index contributed by atoms with van der Waals surface area (Å²) in [6.45, 7) is 0. The molecule has 0 unspecified atom stereocenters. The highest BCUT2D eigenvalue weighted by atomic mass is 35.5. The number of hydrogen-bond acceptors (Lipinski definition) is 3. The van der Waals surface area contributed by atoms with Crippen LogP contribution in [0.3, 0.4) is 0 Å². The van der Waals surface area contributed by atoms with E-state index in [1.807, 2.05) is 24.3 Å². The van der Waals surface area contributed by atoms with E-state index >= 15 is 0 Å². The number of rotatable bonds is 2. The lowest BCUT2D eigenvalue weighted by molar-refractivity contribution is 1.32. The Labute approximate surface area is 114 Å². The first-order valence-electron chi connectivity index (χ1n) is 5.11. The Morgan fingerprint density at radius 3 is 2.28 bits per heavy atom. The highest BCUT2D eigenvalue weighted by Crippen LogP contribution is 2.32. The van der Waals surface area contributed by atoms with Gasteiger partial charge in [0.2, 0.25) is 0 Å². The zero-order valence-electron chi connectivity index (χ0n) is 9.22. The Hall–Kier alpha value is -1.94. The summed E-state index contributed by atoms with van der Waals surface area (Å²) < 4.78 is 0. The van der Waals surface area contributed by atoms with Crippen molar-refractivity contribution in [3.05, 3.63) is 58.6 Å². The van der Waals surface area contributed by atoms with Crippen LogP contribution in [-0.4, -0.2) is 0 Å². The van der Waals surface area contributed by atoms with E-state index in [0.717, 1.165) is 9.79 Å². The molecule has 0 radical (unpaired) electrons. The van der Waals surface area contributed by atoms with Gasteiger partial charge >= 0.3 is 0 Å². The molecule has 0 amide bonds. The van der Waals surface area contributed by atoms with Gasteiger partial charge in [0.05, 0.1) is 11.1 Å². The first kappa shape index (κ1) is 12.5. The van der Waals surface area contributed by atoms with Crippen molar-refractivity contribution < 1.29 is 0 Å². The number of nitrogens with zero attached hydrogens (tertiary/aromatic N) is 2. The number of halogens is 1. The molecule has 0 bridgehead atoms. The van der Waals surface area contributed by atoms with Crippen molar-refractivity contribution in [2.45, 2.75) is 9.79 Å². The van der Waals surface area contributed by atoms with Gasteiger partial charge in [-0.1, -0.05) is 29.4 Å². The molecule has 2 nitrogen and oxygen atoms in total. The monoisotopic (exact) mass is 270 g/mol. The summed E-state index contributed by atoms with van der Waals surface area (Å²) >= 11 is 7.26. The molecule has 18 heavy (non-hydrogen) atoms. The maximum atomic E-state index is 9.12. The summed E-state index contributed by atoms with van der Waals surface area (Å²) in [5.41, 5.74) is 0.816. The maximum Gasteiger partial charge on any atom is 0.102 e. The molecule has 0 aliphatic rings. The smallest absolute Gasteiger partial charge is 0.102 e. The molecule has 0 aliphatic carbocycles. The summed E-state index contributed by atoms with van der Waals surface area (Å²) in [5.74, 6) is 0. The second-order valence-electron chi connectivity index (χ2n) is 3.46. The van der Waals surface area contributed by atoms with Crippen LogP contribution in [-0.2, 0) is 0 Å². The largest absolute Gasteiger partial charge is 0.192 e. The molecule has 2 aromatic rings. The Balaban J connectivity index is 2.38. The lowest BCUT2D eigenvalue weighted by Gasteiger charge is -2.05. The molecule has 2 rings (SSSR count). The number of benzene rings is 2. The van der Waals surface area contributed by atoms with Gasteiger partial charge in [-0.2, -0.15) is 10.5 Å². The van der Waals surface area contributed by atoms with Crippen LogP contribution in [0.1, 0.15) is 11.1 Å². The van der Waals surface area contributed by atoms with Gasteiger partial charge in [-0.15, -0.1) is 0 Å². The molecule has 0 saturated carbocycles. The Morgan fingerprint density at radius 1 is 0.944 bits per heavy atom. The molecule has 0 saturated heterocycles. The summed E-state index contributed by atoms with van der Waals surface area (Å²) in [6.07, 6.45) is 0. The Kier molecular flexibility index (Phi) is 3.89. The molecule has 0 heterocycles. The lowest BCUT2D eigenvalue weighted by atomic mass is 10.1. The molecule has 2 aromatic carbocycles. The van der Waals surface area contributed by atoms with Gasteiger partial charge in [0, 0.05) is 14.8 Å². The van der Waals surface area contributed by atoms with Crippen LogP contribution >= 0.6 is 23.4 Å². The Bertz CT molecular complexity index is 651. The van der Waals surface area contributed by atoms with Gasteiger partial charge in [-0.05, 0) is 36.4 Å². The van der Waals surface area contributed by atoms with E-state index in [1.165, 1.54) is 11.8 Å². The minimum atomic E-state index is 0.400. The highest BCUT2D eigenvalue weighted by Gasteiger charge is 2.08. The molecular weight excluding hydrogens is 264 g/mol. The van der Waals surface area contributed by atoms with Gasteiger partial charge in [0.1, 0.15) is 12.1 Å². The third-order valence-corrected chi connectivity index (χ3v) is 3.62. The predicted molar refractivity (Wildman–Crippen MR) is 71.4 cm³/mol. The molecule has 0 N–H and O–H groups in total. The molecule has 0 aromatic heterocycles. The van der Waals surface area contributed by atoms with Gasteiger partial charge in [-0.25, -0.2) is 0 Å². The second kappa shape index (κ2) is 5.60. The van der Waals surface area contributed by atoms with E-state index in [9.17, 15) is 0 Å². The van der Waals surface area contributed by atoms with Crippen LogP contribution < -0.4 is 0 Å². The van der Waals surface area contributed by atoms with Crippen molar-refractivity contribution in [1.82, 2.24) is 0 Å². The standard InChI is InChI=1S/C14H7ClN2S/c15-11-4-6-12(7-5-11)18-14-3-1-2-10(8-16)13(14)9-17/h1-7H. The summed E-state index contributed by atoms with van der Waals surface area (Å²) in [7, 11) is 0. The highest BCUT2D eigenvalue weighted by molar-refractivity contribution is 7.99. The zero-order valence-corrected chi connectivity index (χ0v) is 10.8. The van der Waals surface area contributed by atoms with Crippen LogP contribution in [0.5, 0.6) is 0 Å². The molecule has 4 heteroatoms. The normalized spacial score (nSPS) is 9.50. The Morgan fingerprint density at radius 2 is 1.67 bits per heavy atom. The first-order chi connectivity index (χ1) is 8.74. The van der Waals surface area contributed by atoms with Crippen LogP contribution in [0.15, 0.2) is 52.3 Å². The van der Waals surface area contributed by atoms with E-state index in [2.05, 4.69) is 6.07 Å². The topological polar surface area (TPSA) is 47.6 Å². The van der Waals surface area contributed by atoms with Gasteiger partial charge < -0.3 is 0 Å². The number of hydrogen-bond donors (Lipinski definition) is 0. The fourth-order valence-electron chi connectivity index (χ4n) is 1.45. The SMILES string of the molecule is N#Cc1cccc(Sc2ccc(Cl)cc2)c1C#N. The molecule has 0 fully saturated rings. The predicted octanol–water partition coefficient (Wildman–Crippen LogP) is 4.23. The van der Waals surface area contributed by atoms with E-state index in [0.29, 0.717) is 16.1 Å². The van der Waals surface area contributed by atoms with Crippen molar-refractivity contribution in [1.29, 1.82) is 10.5 Å². The summed E-state index contributed by atoms with van der Waals surface area (Å²) in [4.78, 5) is 1.75. The number of nitriles is 2. The third kappa shape index (κ3) is 2.65. The summed E-state index contributed by atoms with van der Waals surface area (Å²) in [6, 6.07) is 16.7. The molecule has 86 valence electrons. The van der Waals surface area contributed by atoms with Gasteiger partial charge in [-0.3, -0.25) is 0 Å². The fourth-order valence-corrected chi connectivity index (χ4v) is 2.51. The minimum absolute atomic E-state index is 0.400. The lowest BCUT2D eigenvalue weighted by Crippen LogP contribution is -1.87. The maximum absolute atomic E-state index is 9.12. The van der Waals surface area contributed by atoms with Crippen LogP contribution in [0.25, 0.3) is 0 Å². The quantitative estimate of drug-likeness (QED) is 0.820. The van der Waals surface area contributed by atoms with Gasteiger partial charge in [0.25, 0.3) is 0 Å². The minimum Gasteiger partial charge on any atom is -0.192 e. The average Bonchev–Trinajstić information content (AvgIpc) is 2.41. The van der Waals surface area contributed by atoms with E-state index in [-0.39, 0.29) is 0 Å². The summed E-state index contributed by atoms with van der Waals surface area (Å²) in [5, 5.41) is 18.7. The van der Waals surface area contributed by atoms with E-state index in [1.54, 1.807) is 24.3 Å². The van der Waals surface area contributed by atoms with Crippen molar-refractivity contribution in [3.63, 3.8) is 0 Å². The molecule has 0 aliphatic heterocycles. The second-order valence-corrected chi connectivity index (χ2v) is 5.01. The van der Waals surface area contributed by atoms with Crippen molar-refractivity contribution in [2.24, 2.45) is 0 Å². The average molecular weight is 271 g/mol. The van der Waals surface area contributed by atoms with Crippen molar-refractivity contribution >= 4 is 23.4 Å². The molecule has 0 atom stereocenters. The molecular formula is C14H7ClN2S. The first-order valence-corrected chi connectivity index (χ1v) is 6.30. The van der Waals surface area contributed by atoms with E-state index in [4.69, 9.17) is 22.1 Å². The fraction of sp³-hybridized carbons (Fsp3) is 0. The van der Waals surface area contributed by atoms with Crippen molar-refractivity contribution in [2.75, 3.05) is 0 Å². The van der Waals surface area contributed by atoms with E-state index < -0.39 is 0 Å². The van der Waals surface area contributed by atoms with Crippen LogP contribution in [0.2, 0.25) is 5.02 Å². The van der Waals surface area contributed by atoms with Crippen molar-refractivity contribution in [3.8, 4) is 12.1 Å². The molecule has 0 spiro atoms. The third-order valence-electron chi connectivity index (χ3n) is 2.30. The van der Waals surface area contributed by atoms with Crippen LogP contribution in [0.4, 0.5) is 0 Å². The zero-order chi connectivity index (χ0) is 13.0.